The average molecular weight is 291 g/mol. The monoisotopic (exact) mass is 291 g/mol. The molecule has 4 nitrogen and oxygen atoms in total. The van der Waals surface area contributed by atoms with Crippen molar-refractivity contribution in [3.63, 3.8) is 0 Å². The quantitative estimate of drug-likeness (QED) is 0.754. The van der Waals surface area contributed by atoms with E-state index in [0.717, 1.165) is 30.3 Å². The van der Waals surface area contributed by atoms with Crippen LogP contribution >= 0.6 is 0 Å². The third-order valence-electron chi connectivity index (χ3n) is 4.11. The summed E-state index contributed by atoms with van der Waals surface area (Å²) in [4.78, 5) is 2.57. The topological polar surface area (TPSA) is 30.9 Å². The van der Waals surface area contributed by atoms with Gasteiger partial charge in [0, 0.05) is 0 Å². The van der Waals surface area contributed by atoms with Gasteiger partial charge in [0.1, 0.15) is 13.2 Å². The summed E-state index contributed by atoms with van der Waals surface area (Å²) in [6.07, 6.45) is 6.42. The van der Waals surface area contributed by atoms with Crippen LogP contribution in [0.2, 0.25) is 0 Å². The molecular formula is C17H25NO3. The summed E-state index contributed by atoms with van der Waals surface area (Å²) in [5.74, 6) is 2.37. The maximum Gasteiger partial charge on any atom is 0.203 e. The largest absolute Gasteiger partial charge is 0.490 e. The summed E-state index contributed by atoms with van der Waals surface area (Å²) in [5, 5.41) is 0. The highest BCUT2D eigenvalue weighted by atomic mass is 16.6. The number of fused-ring (bicyclic) bond motifs is 1. The zero-order valence-corrected chi connectivity index (χ0v) is 12.7. The maximum atomic E-state index is 5.87. The number of hydrogen-bond acceptors (Lipinski definition) is 4. The smallest absolute Gasteiger partial charge is 0.203 e. The van der Waals surface area contributed by atoms with Crippen molar-refractivity contribution in [2.45, 2.75) is 32.1 Å². The molecule has 3 rings (SSSR count). The second-order valence-electron chi connectivity index (χ2n) is 5.74. The standard InChI is InChI=1S/C17H25NO3/c1-2-9-18(10-3-1)11-4-5-12-19-15-7-6-8-16-17(15)21-14-13-20-16/h6-8H,1-5,9-14H2. The molecule has 4 heteroatoms. The minimum atomic E-state index is 0.600. The number of para-hydroxylation sites is 1. The van der Waals surface area contributed by atoms with E-state index in [9.17, 15) is 0 Å². The molecule has 0 aromatic heterocycles. The Kier molecular flexibility index (Phi) is 5.22. The van der Waals surface area contributed by atoms with Crippen LogP contribution in [0, 0.1) is 0 Å². The Labute approximate surface area is 127 Å². The van der Waals surface area contributed by atoms with Crippen LogP contribution in [0.3, 0.4) is 0 Å². The van der Waals surface area contributed by atoms with Crippen molar-refractivity contribution in [1.82, 2.24) is 4.90 Å². The van der Waals surface area contributed by atoms with Crippen LogP contribution in [0.15, 0.2) is 18.2 Å². The van der Waals surface area contributed by atoms with Crippen LogP contribution in [-0.4, -0.2) is 44.4 Å². The fourth-order valence-electron chi connectivity index (χ4n) is 2.96. The minimum absolute atomic E-state index is 0.600. The first kappa shape index (κ1) is 14.5. The number of ether oxygens (including phenoxy) is 3. The van der Waals surface area contributed by atoms with Gasteiger partial charge in [-0.1, -0.05) is 12.5 Å². The molecular weight excluding hydrogens is 266 g/mol. The van der Waals surface area contributed by atoms with Crippen molar-refractivity contribution < 1.29 is 14.2 Å². The number of nitrogens with zero attached hydrogens (tertiary/aromatic N) is 1. The molecule has 116 valence electrons. The van der Waals surface area contributed by atoms with E-state index in [1.165, 1.54) is 45.3 Å². The number of likely N-dealkylation sites (tertiary alicyclic amines) is 1. The fourth-order valence-corrected chi connectivity index (χ4v) is 2.96. The highest BCUT2D eigenvalue weighted by Gasteiger charge is 2.16. The van der Waals surface area contributed by atoms with Crippen molar-refractivity contribution in [3.05, 3.63) is 18.2 Å². The molecule has 0 unspecified atom stereocenters. The van der Waals surface area contributed by atoms with E-state index in [2.05, 4.69) is 4.90 Å². The van der Waals surface area contributed by atoms with Gasteiger partial charge in [-0.2, -0.15) is 0 Å². The van der Waals surface area contributed by atoms with Gasteiger partial charge in [0.25, 0.3) is 0 Å². The summed E-state index contributed by atoms with van der Waals surface area (Å²) >= 11 is 0. The Bertz CT molecular complexity index is 444. The molecule has 0 atom stereocenters. The molecule has 0 radical (unpaired) electrons. The molecule has 2 aliphatic heterocycles. The van der Waals surface area contributed by atoms with Crippen LogP contribution in [0.5, 0.6) is 17.2 Å². The van der Waals surface area contributed by atoms with Crippen LogP contribution in [-0.2, 0) is 0 Å². The predicted molar refractivity (Wildman–Crippen MR) is 82.5 cm³/mol. The van der Waals surface area contributed by atoms with Crippen molar-refractivity contribution in [1.29, 1.82) is 0 Å². The highest BCUT2D eigenvalue weighted by Crippen LogP contribution is 2.38. The Balaban J connectivity index is 1.39. The number of piperidine rings is 1. The van der Waals surface area contributed by atoms with Gasteiger partial charge in [-0.3, -0.25) is 0 Å². The molecule has 0 spiro atoms. The number of hydrogen-bond donors (Lipinski definition) is 0. The number of benzene rings is 1. The molecule has 1 saturated heterocycles. The lowest BCUT2D eigenvalue weighted by Crippen LogP contribution is -2.30. The molecule has 1 aromatic carbocycles. The Hall–Kier alpha value is -1.42. The summed E-state index contributed by atoms with van der Waals surface area (Å²) in [5.41, 5.74) is 0. The van der Waals surface area contributed by atoms with Gasteiger partial charge >= 0.3 is 0 Å². The minimum Gasteiger partial charge on any atom is -0.490 e. The molecule has 0 aliphatic carbocycles. The predicted octanol–water partition coefficient (Wildman–Crippen LogP) is 3.10. The molecule has 2 heterocycles. The summed E-state index contributed by atoms with van der Waals surface area (Å²) in [6.45, 7) is 5.72. The fraction of sp³-hybridized carbons (Fsp3) is 0.647. The van der Waals surface area contributed by atoms with Crippen molar-refractivity contribution in [3.8, 4) is 17.2 Å². The van der Waals surface area contributed by atoms with E-state index in [1.54, 1.807) is 0 Å². The van der Waals surface area contributed by atoms with Crippen molar-refractivity contribution in [2.75, 3.05) is 39.5 Å². The Morgan fingerprint density at radius 1 is 1.00 bits per heavy atom. The Morgan fingerprint density at radius 2 is 1.86 bits per heavy atom. The van der Waals surface area contributed by atoms with E-state index in [4.69, 9.17) is 14.2 Å². The van der Waals surface area contributed by atoms with Crippen LogP contribution in [0.4, 0.5) is 0 Å². The molecule has 1 fully saturated rings. The third kappa shape index (κ3) is 4.03. The lowest BCUT2D eigenvalue weighted by Gasteiger charge is -2.26. The van der Waals surface area contributed by atoms with Gasteiger partial charge in [0.2, 0.25) is 5.75 Å². The molecule has 0 bridgehead atoms. The highest BCUT2D eigenvalue weighted by molar-refractivity contribution is 5.51. The molecule has 0 amide bonds. The van der Waals surface area contributed by atoms with Crippen LogP contribution in [0.1, 0.15) is 32.1 Å². The molecule has 0 saturated carbocycles. The van der Waals surface area contributed by atoms with Gasteiger partial charge < -0.3 is 19.1 Å². The second-order valence-corrected chi connectivity index (χ2v) is 5.74. The zero-order valence-electron chi connectivity index (χ0n) is 12.7. The molecule has 2 aliphatic rings. The number of rotatable bonds is 6. The van der Waals surface area contributed by atoms with Crippen LogP contribution < -0.4 is 14.2 Å². The van der Waals surface area contributed by atoms with Gasteiger partial charge in [0.05, 0.1) is 6.61 Å². The first-order chi connectivity index (χ1) is 10.4. The molecule has 0 N–H and O–H groups in total. The SMILES string of the molecule is c1cc(OCCCCN2CCCCC2)c2c(c1)OCCO2. The lowest BCUT2D eigenvalue weighted by atomic mass is 10.1. The molecule has 1 aromatic rings. The van der Waals surface area contributed by atoms with Crippen molar-refractivity contribution >= 4 is 0 Å². The summed E-state index contributed by atoms with van der Waals surface area (Å²) in [7, 11) is 0. The van der Waals surface area contributed by atoms with E-state index < -0.39 is 0 Å². The van der Waals surface area contributed by atoms with Gasteiger partial charge in [-0.05, 0) is 57.5 Å². The van der Waals surface area contributed by atoms with Gasteiger partial charge in [-0.15, -0.1) is 0 Å². The van der Waals surface area contributed by atoms with E-state index >= 15 is 0 Å². The van der Waals surface area contributed by atoms with E-state index in [0.29, 0.717) is 13.2 Å². The number of unbranched alkanes of at least 4 members (excludes halogenated alkanes) is 1. The first-order valence-corrected chi connectivity index (χ1v) is 8.17. The Morgan fingerprint density at radius 3 is 2.76 bits per heavy atom. The maximum absolute atomic E-state index is 5.87. The lowest BCUT2D eigenvalue weighted by molar-refractivity contribution is 0.160. The van der Waals surface area contributed by atoms with Crippen LogP contribution in [0.25, 0.3) is 0 Å². The normalized spacial score (nSPS) is 18.5. The second kappa shape index (κ2) is 7.55. The van der Waals surface area contributed by atoms with Gasteiger partial charge in [0.15, 0.2) is 11.5 Å². The van der Waals surface area contributed by atoms with Gasteiger partial charge in [-0.25, -0.2) is 0 Å². The van der Waals surface area contributed by atoms with Crippen molar-refractivity contribution in [2.24, 2.45) is 0 Å². The molecule has 21 heavy (non-hydrogen) atoms. The first-order valence-electron chi connectivity index (χ1n) is 8.17. The zero-order chi connectivity index (χ0) is 14.3. The summed E-state index contributed by atoms with van der Waals surface area (Å²) < 4.78 is 17.1. The third-order valence-corrected chi connectivity index (χ3v) is 4.11. The van der Waals surface area contributed by atoms with E-state index in [-0.39, 0.29) is 0 Å². The van der Waals surface area contributed by atoms with E-state index in [1.807, 2.05) is 18.2 Å². The average Bonchev–Trinajstić information content (AvgIpc) is 2.56. The summed E-state index contributed by atoms with van der Waals surface area (Å²) in [6, 6.07) is 5.84.